The molecule has 0 atom stereocenters. The van der Waals surface area contributed by atoms with E-state index in [9.17, 15) is 9.59 Å². The molecule has 2 N–H and O–H groups in total. The largest absolute Gasteiger partial charge is 0.480 e. The second-order valence-electron chi connectivity index (χ2n) is 3.89. The minimum Gasteiger partial charge on any atom is -0.480 e. The third-order valence-electron chi connectivity index (χ3n) is 2.27. The Morgan fingerprint density at radius 3 is 2.40 bits per heavy atom. The second kappa shape index (κ2) is 7.75. The average molecular weight is 315 g/mol. The van der Waals surface area contributed by atoms with Crippen LogP contribution in [0, 0.1) is 12.3 Å². The van der Waals surface area contributed by atoms with Crippen LogP contribution in [0.25, 0.3) is 0 Å². The van der Waals surface area contributed by atoms with Crippen LogP contribution in [0.4, 0.5) is 5.69 Å². The molecule has 0 aliphatic rings. The molecule has 0 unspecified atom stereocenters. The molecule has 0 heterocycles. The number of benzene rings is 1. The van der Waals surface area contributed by atoms with Crippen molar-refractivity contribution >= 4 is 40.8 Å². The number of anilines is 1. The Labute approximate surface area is 126 Å². The van der Waals surface area contributed by atoms with Crippen LogP contribution in [0.15, 0.2) is 18.2 Å². The van der Waals surface area contributed by atoms with E-state index in [4.69, 9.17) is 34.7 Å². The van der Waals surface area contributed by atoms with E-state index in [-0.39, 0.29) is 25.3 Å². The lowest BCUT2D eigenvalue weighted by Crippen LogP contribution is -2.37. The quantitative estimate of drug-likeness (QED) is 0.787. The third-order valence-corrected chi connectivity index (χ3v) is 2.90. The summed E-state index contributed by atoms with van der Waals surface area (Å²) in [6, 6.07) is 4.81. The lowest BCUT2D eigenvalue weighted by Gasteiger charge is -2.17. The molecule has 7 heteroatoms. The SMILES string of the molecule is C#CCN(CC(=O)O)CC(=O)Nc1c(Cl)cccc1Cl. The summed E-state index contributed by atoms with van der Waals surface area (Å²) >= 11 is 11.8. The summed E-state index contributed by atoms with van der Waals surface area (Å²) in [4.78, 5) is 23.8. The van der Waals surface area contributed by atoms with Gasteiger partial charge in [-0.3, -0.25) is 14.5 Å². The van der Waals surface area contributed by atoms with Crippen LogP contribution in [0.2, 0.25) is 10.0 Å². The number of hydrogen-bond acceptors (Lipinski definition) is 3. The topological polar surface area (TPSA) is 69.6 Å². The van der Waals surface area contributed by atoms with Crippen LogP contribution in [0.3, 0.4) is 0 Å². The Balaban J connectivity index is 2.71. The first-order valence-electron chi connectivity index (χ1n) is 5.55. The fourth-order valence-corrected chi connectivity index (χ4v) is 1.98. The molecule has 1 aromatic rings. The number of hydrogen-bond donors (Lipinski definition) is 2. The average Bonchev–Trinajstić information content (AvgIpc) is 2.33. The fourth-order valence-electron chi connectivity index (χ4n) is 1.49. The minimum atomic E-state index is -1.07. The molecule has 0 radical (unpaired) electrons. The predicted molar refractivity (Wildman–Crippen MR) is 78.0 cm³/mol. The van der Waals surface area contributed by atoms with Gasteiger partial charge in [0, 0.05) is 0 Å². The van der Waals surface area contributed by atoms with E-state index in [0.717, 1.165) is 0 Å². The van der Waals surface area contributed by atoms with Gasteiger partial charge in [0.1, 0.15) is 0 Å². The van der Waals surface area contributed by atoms with Gasteiger partial charge in [0.15, 0.2) is 0 Å². The highest BCUT2D eigenvalue weighted by Crippen LogP contribution is 2.29. The van der Waals surface area contributed by atoms with Crippen molar-refractivity contribution in [2.24, 2.45) is 0 Å². The molecule has 106 valence electrons. The summed E-state index contributed by atoms with van der Waals surface area (Å²) in [6.45, 7) is -0.443. The lowest BCUT2D eigenvalue weighted by molar-refractivity contribution is -0.138. The monoisotopic (exact) mass is 314 g/mol. The first-order valence-corrected chi connectivity index (χ1v) is 6.31. The Bertz CT molecular complexity index is 535. The maximum atomic E-state index is 11.9. The standard InChI is InChI=1S/C13H12Cl2N2O3/c1-2-6-17(8-12(19)20)7-11(18)16-13-9(14)4-3-5-10(13)15/h1,3-5H,6-8H2,(H,16,18)(H,19,20). The van der Waals surface area contributed by atoms with Crippen LogP contribution < -0.4 is 5.32 Å². The maximum Gasteiger partial charge on any atom is 0.317 e. The highest BCUT2D eigenvalue weighted by molar-refractivity contribution is 6.39. The smallest absolute Gasteiger partial charge is 0.317 e. The van der Waals surface area contributed by atoms with Gasteiger partial charge in [-0.2, -0.15) is 0 Å². The van der Waals surface area contributed by atoms with Gasteiger partial charge in [0.2, 0.25) is 5.91 Å². The Morgan fingerprint density at radius 2 is 1.90 bits per heavy atom. The zero-order valence-electron chi connectivity index (χ0n) is 10.4. The molecule has 5 nitrogen and oxygen atoms in total. The van der Waals surface area contributed by atoms with E-state index in [2.05, 4.69) is 11.2 Å². The van der Waals surface area contributed by atoms with Crippen LogP contribution in [-0.4, -0.2) is 41.5 Å². The molecule has 0 saturated heterocycles. The molecule has 0 aliphatic carbocycles. The van der Waals surface area contributed by atoms with Crippen molar-refractivity contribution in [1.29, 1.82) is 0 Å². The van der Waals surface area contributed by atoms with Gasteiger partial charge in [0.25, 0.3) is 0 Å². The zero-order chi connectivity index (χ0) is 15.1. The molecule has 0 bridgehead atoms. The molecule has 1 rings (SSSR count). The highest BCUT2D eigenvalue weighted by atomic mass is 35.5. The van der Waals surface area contributed by atoms with Crippen LogP contribution >= 0.6 is 23.2 Å². The lowest BCUT2D eigenvalue weighted by atomic mass is 10.3. The van der Waals surface area contributed by atoms with Crippen molar-refractivity contribution in [3.05, 3.63) is 28.2 Å². The summed E-state index contributed by atoms with van der Waals surface area (Å²) in [5, 5.41) is 11.8. The zero-order valence-corrected chi connectivity index (χ0v) is 11.9. The Hall–Kier alpha value is -1.74. The molecule has 1 amide bonds. The summed E-state index contributed by atoms with van der Waals surface area (Å²) in [5.74, 6) is 0.782. The van der Waals surface area contributed by atoms with Crippen molar-refractivity contribution in [3.8, 4) is 12.3 Å². The molecule has 20 heavy (non-hydrogen) atoms. The fraction of sp³-hybridized carbons (Fsp3) is 0.231. The number of carbonyl (C=O) groups is 2. The van der Waals surface area contributed by atoms with Crippen molar-refractivity contribution in [1.82, 2.24) is 4.90 Å². The van der Waals surface area contributed by atoms with Gasteiger partial charge in [-0.15, -0.1) is 6.42 Å². The van der Waals surface area contributed by atoms with E-state index in [0.29, 0.717) is 10.0 Å². The third kappa shape index (κ3) is 5.10. The normalized spacial score (nSPS) is 10.1. The number of nitrogens with one attached hydrogen (secondary N) is 1. The van der Waals surface area contributed by atoms with E-state index in [1.54, 1.807) is 18.2 Å². The van der Waals surface area contributed by atoms with Gasteiger partial charge in [0.05, 0.1) is 35.4 Å². The van der Waals surface area contributed by atoms with Gasteiger partial charge in [-0.05, 0) is 12.1 Å². The van der Waals surface area contributed by atoms with E-state index in [1.165, 1.54) is 4.90 Å². The van der Waals surface area contributed by atoms with Crippen molar-refractivity contribution in [2.75, 3.05) is 25.0 Å². The van der Waals surface area contributed by atoms with Gasteiger partial charge >= 0.3 is 5.97 Å². The number of halogens is 2. The molecular weight excluding hydrogens is 303 g/mol. The first kappa shape index (κ1) is 16.3. The summed E-state index contributed by atoms with van der Waals surface area (Å²) in [6.07, 6.45) is 5.12. The number of amides is 1. The molecule has 0 saturated carbocycles. The first-order chi connectivity index (χ1) is 9.43. The predicted octanol–water partition coefficient (Wildman–Crippen LogP) is 1.95. The molecular formula is C13H12Cl2N2O3. The van der Waals surface area contributed by atoms with Crippen molar-refractivity contribution in [2.45, 2.75) is 0 Å². The number of rotatable bonds is 6. The molecule has 1 aromatic carbocycles. The number of terminal acetylenes is 1. The van der Waals surface area contributed by atoms with Gasteiger partial charge < -0.3 is 10.4 Å². The summed E-state index contributed by atoms with van der Waals surface area (Å²) in [7, 11) is 0. The van der Waals surface area contributed by atoms with Crippen LogP contribution in [0.1, 0.15) is 0 Å². The van der Waals surface area contributed by atoms with Gasteiger partial charge in [-0.25, -0.2) is 0 Å². The summed E-state index contributed by atoms with van der Waals surface area (Å²) in [5.41, 5.74) is 0.289. The van der Waals surface area contributed by atoms with E-state index >= 15 is 0 Å². The number of carboxylic acids is 1. The maximum absolute atomic E-state index is 11.9. The highest BCUT2D eigenvalue weighted by Gasteiger charge is 2.15. The number of para-hydroxylation sites is 1. The molecule has 0 spiro atoms. The molecule has 0 aliphatic heterocycles. The van der Waals surface area contributed by atoms with Crippen molar-refractivity contribution < 1.29 is 14.7 Å². The van der Waals surface area contributed by atoms with Gasteiger partial charge in [-0.1, -0.05) is 35.2 Å². The Kier molecular flexibility index (Phi) is 6.32. The van der Waals surface area contributed by atoms with E-state index < -0.39 is 11.9 Å². The van der Waals surface area contributed by atoms with Crippen LogP contribution in [0.5, 0.6) is 0 Å². The van der Waals surface area contributed by atoms with E-state index in [1.807, 2.05) is 0 Å². The second-order valence-corrected chi connectivity index (χ2v) is 4.70. The summed E-state index contributed by atoms with van der Waals surface area (Å²) < 4.78 is 0. The Morgan fingerprint density at radius 1 is 1.30 bits per heavy atom. The van der Waals surface area contributed by atoms with Crippen LogP contribution in [-0.2, 0) is 9.59 Å². The molecule has 0 aromatic heterocycles. The number of aliphatic carboxylic acids is 1. The number of carboxylic acid groups (broad SMARTS) is 1. The number of carbonyl (C=O) groups excluding carboxylic acids is 1. The minimum absolute atomic E-state index is 0.0516. The van der Waals surface area contributed by atoms with Crippen molar-refractivity contribution in [3.63, 3.8) is 0 Å². The number of nitrogens with zero attached hydrogens (tertiary/aromatic N) is 1. The molecule has 0 fully saturated rings.